The van der Waals surface area contributed by atoms with Crippen LogP contribution >= 0.6 is 0 Å². The molecule has 0 aliphatic heterocycles. The summed E-state index contributed by atoms with van der Waals surface area (Å²) in [4.78, 5) is 0. The van der Waals surface area contributed by atoms with Crippen LogP contribution in [0.25, 0.3) is 21.5 Å². The van der Waals surface area contributed by atoms with Crippen LogP contribution in [0, 0.1) is 11.8 Å². The number of benzene rings is 4. The first-order valence-corrected chi connectivity index (χ1v) is 10.3. The Kier molecular flexibility index (Phi) is 4.41. The molecular weight excluding hydrogens is 324 g/mol. The molecule has 1 aliphatic rings. The summed E-state index contributed by atoms with van der Waals surface area (Å²) in [7, 11) is 0. The van der Waals surface area contributed by atoms with E-state index in [0.717, 1.165) is 11.8 Å². The van der Waals surface area contributed by atoms with Crippen molar-refractivity contribution in [2.75, 3.05) is 0 Å². The number of rotatable bonds is 5. The summed E-state index contributed by atoms with van der Waals surface area (Å²) in [6.45, 7) is 0. The Morgan fingerprint density at radius 3 is 1.52 bits per heavy atom. The van der Waals surface area contributed by atoms with Gasteiger partial charge >= 0.3 is 0 Å². The van der Waals surface area contributed by atoms with Gasteiger partial charge in [0, 0.05) is 0 Å². The van der Waals surface area contributed by atoms with E-state index in [1.165, 1.54) is 64.8 Å². The van der Waals surface area contributed by atoms with E-state index in [2.05, 4.69) is 84.9 Å². The predicted octanol–water partition coefficient (Wildman–Crippen LogP) is 7.19. The normalized spacial score (nSPS) is 14.7. The van der Waals surface area contributed by atoms with Crippen molar-refractivity contribution < 1.29 is 0 Å². The van der Waals surface area contributed by atoms with Crippen molar-refractivity contribution in [2.24, 2.45) is 11.8 Å². The standard InChI is InChI=1S/C27H26/c1-3-8-25-16-20(12-14-23(25)6-1)18-27(22-10-5-11-22)19-21-13-15-24-7-2-4-9-26(24)17-21/h1-4,6-9,12-17,22,27H,5,10-11,18-19H2. The van der Waals surface area contributed by atoms with Crippen molar-refractivity contribution in [1.29, 1.82) is 0 Å². The van der Waals surface area contributed by atoms with E-state index in [1.807, 2.05) is 0 Å². The average Bonchev–Trinajstić information content (AvgIpc) is 2.66. The third kappa shape index (κ3) is 3.49. The van der Waals surface area contributed by atoms with Crippen LogP contribution in [0.3, 0.4) is 0 Å². The molecule has 1 aliphatic carbocycles. The van der Waals surface area contributed by atoms with Crippen molar-refractivity contribution in [3.8, 4) is 0 Å². The highest BCUT2D eigenvalue weighted by Gasteiger charge is 2.27. The number of hydrogen-bond acceptors (Lipinski definition) is 0. The van der Waals surface area contributed by atoms with Crippen molar-refractivity contribution in [2.45, 2.75) is 32.1 Å². The summed E-state index contributed by atoms with van der Waals surface area (Å²) in [5.74, 6) is 1.64. The fourth-order valence-electron chi connectivity index (χ4n) is 4.65. The minimum Gasteiger partial charge on any atom is -0.0616 e. The quantitative estimate of drug-likeness (QED) is 0.357. The summed E-state index contributed by atoms with van der Waals surface area (Å²) in [5, 5.41) is 5.42. The first-order chi connectivity index (χ1) is 13.3. The van der Waals surface area contributed by atoms with E-state index in [-0.39, 0.29) is 0 Å². The largest absolute Gasteiger partial charge is 0.0616 e. The van der Waals surface area contributed by atoms with Crippen LogP contribution in [0.15, 0.2) is 84.9 Å². The molecule has 0 atom stereocenters. The van der Waals surface area contributed by atoms with Crippen LogP contribution in [0.4, 0.5) is 0 Å². The third-order valence-electron chi connectivity index (χ3n) is 6.44. The lowest BCUT2D eigenvalue weighted by Crippen LogP contribution is -2.25. The lowest BCUT2D eigenvalue weighted by atomic mass is 9.71. The lowest BCUT2D eigenvalue weighted by molar-refractivity contribution is 0.203. The number of hydrogen-bond donors (Lipinski definition) is 0. The highest BCUT2D eigenvalue weighted by atomic mass is 14.3. The second-order valence-corrected chi connectivity index (χ2v) is 8.22. The molecule has 0 spiro atoms. The highest BCUT2D eigenvalue weighted by molar-refractivity contribution is 5.83. The Bertz CT molecular complexity index is 990. The molecule has 0 amide bonds. The minimum absolute atomic E-state index is 0.751. The molecular formula is C27H26. The molecule has 0 N–H and O–H groups in total. The van der Waals surface area contributed by atoms with Gasteiger partial charge in [0.25, 0.3) is 0 Å². The van der Waals surface area contributed by atoms with E-state index in [9.17, 15) is 0 Å². The lowest BCUT2D eigenvalue weighted by Gasteiger charge is -2.34. The zero-order valence-electron chi connectivity index (χ0n) is 15.8. The van der Waals surface area contributed by atoms with Gasteiger partial charge < -0.3 is 0 Å². The molecule has 0 saturated heterocycles. The zero-order valence-corrected chi connectivity index (χ0v) is 15.8. The van der Waals surface area contributed by atoms with Gasteiger partial charge in [-0.3, -0.25) is 0 Å². The molecule has 4 aromatic carbocycles. The summed E-state index contributed by atoms with van der Waals surface area (Å²) >= 11 is 0. The van der Waals surface area contributed by atoms with E-state index in [4.69, 9.17) is 0 Å². The SMILES string of the molecule is c1ccc2cc(CC(Cc3ccc4ccccc4c3)C3CCC3)ccc2c1. The number of fused-ring (bicyclic) bond motifs is 2. The molecule has 0 bridgehead atoms. The molecule has 0 radical (unpaired) electrons. The molecule has 27 heavy (non-hydrogen) atoms. The Morgan fingerprint density at radius 1 is 0.593 bits per heavy atom. The molecule has 4 aromatic rings. The Labute approximate surface area is 161 Å². The van der Waals surface area contributed by atoms with Crippen molar-refractivity contribution in [1.82, 2.24) is 0 Å². The van der Waals surface area contributed by atoms with Crippen molar-refractivity contribution >= 4 is 21.5 Å². The zero-order chi connectivity index (χ0) is 18.1. The van der Waals surface area contributed by atoms with Gasteiger partial charge in [-0.2, -0.15) is 0 Å². The first-order valence-electron chi connectivity index (χ1n) is 10.3. The average molecular weight is 351 g/mol. The van der Waals surface area contributed by atoms with Crippen LogP contribution in [-0.4, -0.2) is 0 Å². The van der Waals surface area contributed by atoms with E-state index in [0.29, 0.717) is 0 Å². The Morgan fingerprint density at radius 2 is 1.07 bits per heavy atom. The molecule has 0 aromatic heterocycles. The van der Waals surface area contributed by atoms with Gasteiger partial charge in [0.1, 0.15) is 0 Å². The second kappa shape index (κ2) is 7.19. The van der Waals surface area contributed by atoms with Crippen LogP contribution in [0.1, 0.15) is 30.4 Å². The predicted molar refractivity (Wildman–Crippen MR) is 116 cm³/mol. The molecule has 0 unspecified atom stereocenters. The van der Waals surface area contributed by atoms with E-state index < -0.39 is 0 Å². The van der Waals surface area contributed by atoms with Gasteiger partial charge in [-0.1, -0.05) is 104 Å². The van der Waals surface area contributed by atoms with Gasteiger partial charge in [0.05, 0.1) is 0 Å². The fourth-order valence-corrected chi connectivity index (χ4v) is 4.65. The Balaban J connectivity index is 1.41. The molecule has 5 rings (SSSR count). The topological polar surface area (TPSA) is 0 Å². The molecule has 134 valence electrons. The smallest absolute Gasteiger partial charge is 0.0181 e. The molecule has 0 nitrogen and oxygen atoms in total. The molecule has 0 heterocycles. The molecule has 1 saturated carbocycles. The van der Waals surface area contributed by atoms with Gasteiger partial charge in [-0.05, 0) is 57.3 Å². The molecule has 0 heteroatoms. The van der Waals surface area contributed by atoms with E-state index >= 15 is 0 Å². The van der Waals surface area contributed by atoms with E-state index in [1.54, 1.807) is 0 Å². The summed E-state index contributed by atoms with van der Waals surface area (Å²) < 4.78 is 0. The van der Waals surface area contributed by atoms with Crippen LogP contribution in [0.5, 0.6) is 0 Å². The monoisotopic (exact) mass is 350 g/mol. The van der Waals surface area contributed by atoms with Crippen LogP contribution in [-0.2, 0) is 12.8 Å². The Hall–Kier alpha value is -2.60. The summed E-state index contributed by atoms with van der Waals surface area (Å²) in [6, 6.07) is 31.5. The minimum atomic E-state index is 0.751. The van der Waals surface area contributed by atoms with Crippen molar-refractivity contribution in [3.05, 3.63) is 96.1 Å². The summed E-state index contributed by atoms with van der Waals surface area (Å²) in [6.07, 6.45) is 6.62. The maximum Gasteiger partial charge on any atom is -0.0181 e. The third-order valence-corrected chi connectivity index (χ3v) is 6.44. The van der Waals surface area contributed by atoms with Crippen molar-refractivity contribution in [3.63, 3.8) is 0 Å². The maximum atomic E-state index is 2.40. The van der Waals surface area contributed by atoms with Gasteiger partial charge in [-0.25, -0.2) is 0 Å². The fraction of sp³-hybridized carbons (Fsp3) is 0.259. The van der Waals surface area contributed by atoms with Gasteiger partial charge in [0.2, 0.25) is 0 Å². The van der Waals surface area contributed by atoms with Crippen LogP contribution in [0.2, 0.25) is 0 Å². The highest BCUT2D eigenvalue weighted by Crippen LogP contribution is 2.37. The maximum absolute atomic E-state index is 2.40. The van der Waals surface area contributed by atoms with Gasteiger partial charge in [-0.15, -0.1) is 0 Å². The summed E-state index contributed by atoms with van der Waals surface area (Å²) in [5.41, 5.74) is 2.98. The van der Waals surface area contributed by atoms with Crippen LogP contribution < -0.4 is 0 Å². The first kappa shape index (κ1) is 16.6. The van der Waals surface area contributed by atoms with Gasteiger partial charge in [0.15, 0.2) is 0 Å². The molecule has 1 fully saturated rings. The second-order valence-electron chi connectivity index (χ2n) is 8.22.